The molecule has 0 radical (unpaired) electrons. The molecule has 1 saturated carbocycles. The van der Waals surface area contributed by atoms with E-state index in [1.807, 2.05) is 11.0 Å². The zero-order valence-corrected chi connectivity index (χ0v) is 19.0. The molecule has 35 heavy (non-hydrogen) atoms. The lowest BCUT2D eigenvalue weighted by Crippen LogP contribution is -2.38. The first-order chi connectivity index (χ1) is 16.9. The number of hydrogen-bond acceptors (Lipinski definition) is 6. The molecule has 0 spiro atoms. The van der Waals surface area contributed by atoms with Crippen LogP contribution in [-0.2, 0) is 11.3 Å². The first kappa shape index (κ1) is 22.8. The van der Waals surface area contributed by atoms with Gasteiger partial charge in [0.05, 0.1) is 42.1 Å². The van der Waals surface area contributed by atoms with Crippen molar-refractivity contribution in [3.05, 3.63) is 88.1 Å². The highest BCUT2D eigenvalue weighted by atomic mass is 19.1. The number of halogens is 2. The van der Waals surface area contributed by atoms with Gasteiger partial charge in [-0.1, -0.05) is 12.8 Å². The van der Waals surface area contributed by atoms with Crippen molar-refractivity contribution in [3.63, 3.8) is 0 Å². The molecule has 0 saturated heterocycles. The number of aromatic nitrogens is 2. The van der Waals surface area contributed by atoms with E-state index in [0.717, 1.165) is 43.9 Å². The largest absolute Gasteiger partial charge is 0.467 e. The molecule has 0 bridgehead atoms. The quantitative estimate of drug-likeness (QED) is 0.363. The average Bonchev–Trinajstić information content (AvgIpc) is 3.55. The minimum absolute atomic E-state index is 0.0244. The highest BCUT2D eigenvalue weighted by Gasteiger charge is 2.29. The van der Waals surface area contributed by atoms with Crippen molar-refractivity contribution in [2.75, 3.05) is 12.0 Å². The van der Waals surface area contributed by atoms with Crippen LogP contribution in [0.3, 0.4) is 0 Å². The van der Waals surface area contributed by atoms with Gasteiger partial charge < -0.3 is 14.1 Å². The Morgan fingerprint density at radius 1 is 1.14 bits per heavy atom. The lowest BCUT2D eigenvalue weighted by molar-refractivity contribution is 0.0601. The molecule has 0 aliphatic heterocycles. The number of hydrogen-bond donors (Lipinski definition) is 0. The van der Waals surface area contributed by atoms with Gasteiger partial charge in [-0.2, -0.15) is 0 Å². The lowest BCUT2D eigenvalue weighted by atomic mass is 10.1. The number of nitrogens with zero attached hydrogens (tertiary/aromatic N) is 3. The van der Waals surface area contributed by atoms with Gasteiger partial charge in [0.2, 0.25) is 5.95 Å². The predicted molar refractivity (Wildman–Crippen MR) is 126 cm³/mol. The van der Waals surface area contributed by atoms with E-state index in [1.165, 1.54) is 29.9 Å². The summed E-state index contributed by atoms with van der Waals surface area (Å²) in [5.41, 5.74) is 0.0413. The maximum atomic E-state index is 14.2. The second kappa shape index (κ2) is 9.32. The van der Waals surface area contributed by atoms with Crippen LogP contribution >= 0.6 is 0 Å². The molecule has 2 heterocycles. The molecule has 1 fully saturated rings. The van der Waals surface area contributed by atoms with Crippen molar-refractivity contribution in [2.24, 2.45) is 0 Å². The Hall–Kier alpha value is -4.01. The fourth-order valence-electron chi connectivity index (χ4n) is 4.66. The van der Waals surface area contributed by atoms with Crippen LogP contribution < -0.4 is 10.5 Å². The van der Waals surface area contributed by atoms with Crippen LogP contribution in [0.4, 0.5) is 14.7 Å². The number of carbonyl (C=O) groups excluding carboxylic acids is 1. The molecule has 0 unspecified atom stereocenters. The zero-order valence-electron chi connectivity index (χ0n) is 19.0. The van der Waals surface area contributed by atoms with Gasteiger partial charge in [-0.05, 0) is 55.3 Å². The summed E-state index contributed by atoms with van der Waals surface area (Å²) in [5.74, 6) is -1.30. The summed E-state index contributed by atoms with van der Waals surface area (Å²) in [4.78, 5) is 32.6. The maximum absolute atomic E-state index is 14.2. The molecule has 2 aromatic heterocycles. The SMILES string of the molecule is COC(=O)c1ccc2c(=O)n(-c3cc(F)cc(F)c3)c(N(Cc3ccco3)C3CCCC3)nc2c1. The van der Waals surface area contributed by atoms with Gasteiger partial charge in [-0.25, -0.2) is 23.1 Å². The van der Waals surface area contributed by atoms with Gasteiger partial charge >= 0.3 is 5.97 Å². The van der Waals surface area contributed by atoms with Crippen LogP contribution in [-0.4, -0.2) is 28.7 Å². The number of anilines is 1. The number of esters is 1. The molecule has 180 valence electrons. The third-order valence-electron chi connectivity index (χ3n) is 6.31. The second-order valence-corrected chi connectivity index (χ2v) is 8.55. The van der Waals surface area contributed by atoms with E-state index in [4.69, 9.17) is 14.1 Å². The summed E-state index contributed by atoms with van der Waals surface area (Å²) in [6, 6.07) is 11.0. The summed E-state index contributed by atoms with van der Waals surface area (Å²) >= 11 is 0. The smallest absolute Gasteiger partial charge is 0.337 e. The molecule has 1 aliphatic rings. The Bertz CT molecular complexity index is 1420. The number of methoxy groups -OCH3 is 1. The van der Waals surface area contributed by atoms with Gasteiger partial charge in [0, 0.05) is 12.1 Å². The van der Waals surface area contributed by atoms with E-state index in [9.17, 15) is 18.4 Å². The van der Waals surface area contributed by atoms with E-state index in [0.29, 0.717) is 12.3 Å². The lowest BCUT2D eigenvalue weighted by Gasteiger charge is -2.31. The molecule has 9 heteroatoms. The summed E-state index contributed by atoms with van der Waals surface area (Å²) in [7, 11) is 1.27. The Balaban J connectivity index is 1.79. The highest BCUT2D eigenvalue weighted by Crippen LogP contribution is 2.31. The zero-order chi connectivity index (χ0) is 24.5. The van der Waals surface area contributed by atoms with E-state index < -0.39 is 23.2 Å². The fraction of sp³-hybridized carbons (Fsp3) is 0.269. The standard InChI is InChI=1S/C26H23F2N3O4/c1-34-25(33)16-8-9-22-23(11-16)29-26(31(24(22)32)20-13-17(27)12-18(28)14-20)30(19-5-2-3-6-19)15-21-7-4-10-35-21/h4,7-14,19H,2-3,5-6,15H2,1H3. The van der Waals surface area contributed by atoms with Crippen LogP contribution in [0, 0.1) is 11.6 Å². The van der Waals surface area contributed by atoms with E-state index in [1.54, 1.807) is 12.3 Å². The monoisotopic (exact) mass is 479 g/mol. The van der Waals surface area contributed by atoms with Crippen LogP contribution in [0.5, 0.6) is 0 Å². The topological polar surface area (TPSA) is 77.6 Å². The normalized spacial score (nSPS) is 13.9. The third-order valence-corrected chi connectivity index (χ3v) is 6.31. The molecule has 0 amide bonds. The Kier molecular flexibility index (Phi) is 6.07. The van der Waals surface area contributed by atoms with Crippen molar-refractivity contribution in [3.8, 4) is 5.69 Å². The molecule has 7 nitrogen and oxygen atoms in total. The van der Waals surface area contributed by atoms with Crippen molar-refractivity contribution < 1.29 is 22.7 Å². The number of ether oxygens (including phenoxy) is 1. The Morgan fingerprint density at radius 3 is 2.54 bits per heavy atom. The van der Waals surface area contributed by atoms with Gasteiger partial charge in [-0.15, -0.1) is 0 Å². The Labute approximate surface area is 199 Å². The summed E-state index contributed by atoms with van der Waals surface area (Å²) < 4.78 is 40.1. The van der Waals surface area contributed by atoms with Crippen LogP contribution in [0.1, 0.15) is 41.8 Å². The van der Waals surface area contributed by atoms with Crippen LogP contribution in [0.15, 0.2) is 64.0 Å². The highest BCUT2D eigenvalue weighted by molar-refractivity contribution is 5.94. The van der Waals surface area contributed by atoms with Crippen LogP contribution in [0.2, 0.25) is 0 Å². The first-order valence-electron chi connectivity index (χ1n) is 11.3. The minimum Gasteiger partial charge on any atom is -0.467 e. The van der Waals surface area contributed by atoms with Crippen molar-refractivity contribution in [2.45, 2.75) is 38.3 Å². The van der Waals surface area contributed by atoms with Gasteiger partial charge in [0.1, 0.15) is 17.4 Å². The summed E-state index contributed by atoms with van der Waals surface area (Å²) in [6.45, 7) is 0.310. The molecule has 0 N–H and O–H groups in total. The van der Waals surface area contributed by atoms with Crippen molar-refractivity contribution in [1.82, 2.24) is 9.55 Å². The van der Waals surface area contributed by atoms with E-state index in [2.05, 4.69) is 0 Å². The number of furan rings is 1. The maximum Gasteiger partial charge on any atom is 0.337 e. The van der Waals surface area contributed by atoms with Crippen molar-refractivity contribution >= 4 is 22.8 Å². The average molecular weight is 479 g/mol. The molecule has 4 aromatic rings. The van der Waals surface area contributed by atoms with E-state index >= 15 is 0 Å². The Morgan fingerprint density at radius 2 is 1.89 bits per heavy atom. The number of carbonyl (C=O) groups is 1. The molecule has 5 rings (SSSR count). The number of fused-ring (bicyclic) bond motifs is 1. The molecule has 1 aliphatic carbocycles. The fourth-order valence-corrected chi connectivity index (χ4v) is 4.66. The molecular weight excluding hydrogens is 456 g/mol. The number of rotatable bonds is 6. The first-order valence-corrected chi connectivity index (χ1v) is 11.3. The van der Waals surface area contributed by atoms with Gasteiger partial charge in [0.25, 0.3) is 5.56 Å². The van der Waals surface area contributed by atoms with E-state index in [-0.39, 0.29) is 34.1 Å². The molecule has 2 aromatic carbocycles. The van der Waals surface area contributed by atoms with Gasteiger partial charge in [-0.3, -0.25) is 4.79 Å². The molecular formula is C26H23F2N3O4. The predicted octanol–water partition coefficient (Wildman–Crippen LogP) is 4.99. The van der Waals surface area contributed by atoms with Crippen molar-refractivity contribution in [1.29, 1.82) is 0 Å². The molecule has 0 atom stereocenters. The third kappa shape index (κ3) is 4.41. The van der Waals surface area contributed by atoms with Gasteiger partial charge in [0.15, 0.2) is 0 Å². The second-order valence-electron chi connectivity index (χ2n) is 8.55. The summed E-state index contributed by atoms with van der Waals surface area (Å²) in [5, 5.41) is 0.204. The number of benzene rings is 2. The van der Waals surface area contributed by atoms with Crippen LogP contribution in [0.25, 0.3) is 16.6 Å². The minimum atomic E-state index is -0.808. The summed E-state index contributed by atoms with van der Waals surface area (Å²) in [6.07, 6.45) is 5.33.